The van der Waals surface area contributed by atoms with Gasteiger partial charge in [-0.05, 0) is 24.6 Å². The first-order chi connectivity index (χ1) is 7.70. The molecule has 4 N–H and O–H groups in total. The van der Waals surface area contributed by atoms with Crippen molar-refractivity contribution in [2.75, 3.05) is 0 Å². The molecule has 0 aliphatic carbocycles. The number of nitrogen functional groups attached to an aromatic ring is 1. The van der Waals surface area contributed by atoms with Crippen molar-refractivity contribution in [2.45, 2.75) is 18.7 Å². The lowest BCUT2D eigenvalue weighted by molar-refractivity contribution is -0.258. The van der Waals surface area contributed by atoms with Crippen molar-refractivity contribution in [3.8, 4) is 0 Å². The van der Waals surface area contributed by atoms with Gasteiger partial charge in [0.1, 0.15) is 0 Å². The van der Waals surface area contributed by atoms with Crippen LogP contribution in [0.15, 0.2) is 24.3 Å². The average molecular weight is 248 g/mol. The van der Waals surface area contributed by atoms with Crippen molar-refractivity contribution in [3.63, 3.8) is 0 Å². The summed E-state index contributed by atoms with van der Waals surface area (Å²) in [6.07, 6.45) is -4.83. The highest BCUT2D eigenvalue weighted by Crippen LogP contribution is 2.38. The minimum absolute atomic E-state index is 0.0606. The number of benzene rings is 1. The average Bonchev–Trinajstić information content (AvgIpc) is 2.26. The summed E-state index contributed by atoms with van der Waals surface area (Å²) in [5, 5.41) is 9.41. The minimum atomic E-state index is -4.83. The minimum Gasteiger partial charge on any atom is -0.376 e. The molecule has 7 heteroatoms. The third-order valence-corrected chi connectivity index (χ3v) is 2.37. The number of nitrogens with two attached hydrogens (primary N) is 1. The van der Waals surface area contributed by atoms with Crippen LogP contribution in [-0.2, 0) is 5.60 Å². The normalized spacial score (nSPS) is 15.2. The van der Waals surface area contributed by atoms with E-state index in [1.54, 1.807) is 5.43 Å². The van der Waals surface area contributed by atoms with Crippen LogP contribution in [0.4, 0.5) is 13.2 Å². The third kappa shape index (κ3) is 2.56. The highest BCUT2D eigenvalue weighted by atomic mass is 19.4. The highest BCUT2D eigenvalue weighted by Gasteiger charge is 2.51. The number of carbonyl (C=O) groups excluding carboxylic acids is 1. The summed E-state index contributed by atoms with van der Waals surface area (Å²) in [7, 11) is 0. The van der Waals surface area contributed by atoms with Crippen LogP contribution in [0, 0.1) is 0 Å². The van der Waals surface area contributed by atoms with Crippen LogP contribution < -0.4 is 11.3 Å². The number of nitrogens with one attached hydrogen (secondary N) is 1. The van der Waals surface area contributed by atoms with Gasteiger partial charge < -0.3 is 5.11 Å². The molecule has 4 nitrogen and oxygen atoms in total. The van der Waals surface area contributed by atoms with Crippen molar-refractivity contribution < 1.29 is 23.1 Å². The summed E-state index contributed by atoms with van der Waals surface area (Å²) in [6, 6.07) is 4.55. The molecule has 0 aromatic heterocycles. The maximum Gasteiger partial charge on any atom is 0.421 e. The molecule has 0 saturated carbocycles. The van der Waals surface area contributed by atoms with Gasteiger partial charge in [-0.1, -0.05) is 12.1 Å². The van der Waals surface area contributed by atoms with Gasteiger partial charge in [-0.2, -0.15) is 13.2 Å². The second-order valence-electron chi connectivity index (χ2n) is 3.62. The molecule has 1 rings (SSSR count). The van der Waals surface area contributed by atoms with Gasteiger partial charge >= 0.3 is 6.18 Å². The van der Waals surface area contributed by atoms with Crippen molar-refractivity contribution in [3.05, 3.63) is 35.4 Å². The maximum atomic E-state index is 12.6. The quantitative estimate of drug-likeness (QED) is 0.416. The van der Waals surface area contributed by atoms with E-state index in [2.05, 4.69) is 0 Å². The molecule has 0 spiro atoms. The van der Waals surface area contributed by atoms with Crippen LogP contribution in [0.5, 0.6) is 0 Å². The van der Waals surface area contributed by atoms with E-state index >= 15 is 0 Å². The molecule has 1 aromatic rings. The van der Waals surface area contributed by atoms with Gasteiger partial charge in [-0.25, -0.2) is 5.84 Å². The standard InChI is InChI=1S/C10H11F3N2O2/c1-9(17,10(11,12)13)7-4-2-3-6(5-7)8(16)15-14/h2-5,17H,14H2,1H3,(H,15,16). The van der Waals surface area contributed by atoms with Gasteiger partial charge in [0.25, 0.3) is 5.91 Å². The second-order valence-corrected chi connectivity index (χ2v) is 3.62. The predicted molar refractivity (Wildman–Crippen MR) is 53.7 cm³/mol. The Morgan fingerprint density at radius 2 is 2.00 bits per heavy atom. The highest BCUT2D eigenvalue weighted by molar-refractivity contribution is 5.93. The number of carbonyl (C=O) groups is 1. The van der Waals surface area contributed by atoms with Crippen LogP contribution in [0.1, 0.15) is 22.8 Å². The molecular formula is C10H11F3N2O2. The fraction of sp³-hybridized carbons (Fsp3) is 0.300. The largest absolute Gasteiger partial charge is 0.421 e. The lowest BCUT2D eigenvalue weighted by Crippen LogP contribution is -2.39. The summed E-state index contributed by atoms with van der Waals surface area (Å²) in [5.41, 5.74) is -1.70. The Balaban J connectivity index is 3.21. The summed E-state index contributed by atoms with van der Waals surface area (Å²) in [4.78, 5) is 11.1. The molecule has 0 fully saturated rings. The molecule has 1 aromatic carbocycles. The summed E-state index contributed by atoms with van der Waals surface area (Å²) < 4.78 is 37.7. The summed E-state index contributed by atoms with van der Waals surface area (Å²) in [6.45, 7) is 0.618. The molecule has 94 valence electrons. The van der Waals surface area contributed by atoms with Crippen LogP contribution in [0.2, 0.25) is 0 Å². The molecule has 0 aliphatic rings. The zero-order valence-electron chi connectivity index (χ0n) is 8.88. The van der Waals surface area contributed by atoms with E-state index in [0.29, 0.717) is 6.92 Å². The number of hydrazine groups is 1. The fourth-order valence-electron chi connectivity index (χ4n) is 1.21. The molecule has 0 radical (unpaired) electrons. The molecule has 0 aliphatic heterocycles. The second kappa shape index (κ2) is 4.34. The molecule has 0 heterocycles. The molecule has 17 heavy (non-hydrogen) atoms. The van der Waals surface area contributed by atoms with Gasteiger partial charge in [-0.15, -0.1) is 0 Å². The number of aliphatic hydroxyl groups is 1. The number of alkyl halides is 3. The van der Waals surface area contributed by atoms with Gasteiger partial charge in [0.05, 0.1) is 0 Å². The van der Waals surface area contributed by atoms with Crippen LogP contribution in [0.3, 0.4) is 0 Å². The van der Waals surface area contributed by atoms with Crippen LogP contribution in [0.25, 0.3) is 0 Å². The first-order valence-corrected chi connectivity index (χ1v) is 4.60. The number of amides is 1. The van der Waals surface area contributed by atoms with Crippen molar-refractivity contribution in [1.29, 1.82) is 0 Å². The van der Waals surface area contributed by atoms with E-state index in [4.69, 9.17) is 5.84 Å². The Hall–Kier alpha value is -1.60. The number of hydrogen-bond donors (Lipinski definition) is 3. The van der Waals surface area contributed by atoms with Crippen LogP contribution in [-0.4, -0.2) is 17.2 Å². The predicted octanol–water partition coefficient (Wildman–Crippen LogP) is 1.06. The summed E-state index contributed by atoms with van der Waals surface area (Å²) in [5.74, 6) is 4.13. The molecule has 1 atom stereocenters. The lowest BCUT2D eigenvalue weighted by Gasteiger charge is -2.26. The maximum absolute atomic E-state index is 12.6. The molecule has 0 bridgehead atoms. The lowest BCUT2D eigenvalue weighted by atomic mass is 9.94. The SMILES string of the molecule is CC(O)(c1cccc(C(=O)NN)c1)C(F)(F)F. The van der Waals surface area contributed by atoms with E-state index in [1.165, 1.54) is 12.1 Å². The Morgan fingerprint density at radius 3 is 2.47 bits per heavy atom. The van der Waals surface area contributed by atoms with Gasteiger partial charge in [0, 0.05) is 5.56 Å². The van der Waals surface area contributed by atoms with Gasteiger partial charge in [0.15, 0.2) is 5.60 Å². The van der Waals surface area contributed by atoms with Crippen molar-refractivity contribution in [2.24, 2.45) is 5.84 Å². The Bertz CT molecular complexity index is 430. The molecular weight excluding hydrogens is 237 g/mol. The number of hydrogen-bond acceptors (Lipinski definition) is 3. The van der Waals surface area contributed by atoms with E-state index in [-0.39, 0.29) is 5.56 Å². The Labute approximate surface area is 95.2 Å². The van der Waals surface area contributed by atoms with Crippen molar-refractivity contribution >= 4 is 5.91 Å². The first kappa shape index (κ1) is 13.5. The number of halogens is 3. The monoisotopic (exact) mass is 248 g/mol. The van der Waals surface area contributed by atoms with E-state index in [1.807, 2.05) is 0 Å². The zero-order chi connectivity index (χ0) is 13.3. The van der Waals surface area contributed by atoms with Crippen LogP contribution >= 0.6 is 0 Å². The fourth-order valence-corrected chi connectivity index (χ4v) is 1.21. The smallest absolute Gasteiger partial charge is 0.376 e. The van der Waals surface area contributed by atoms with Gasteiger partial charge in [-0.3, -0.25) is 10.2 Å². The zero-order valence-corrected chi connectivity index (χ0v) is 8.88. The summed E-state index contributed by atoms with van der Waals surface area (Å²) >= 11 is 0. The van der Waals surface area contributed by atoms with E-state index < -0.39 is 23.2 Å². The topological polar surface area (TPSA) is 75.3 Å². The third-order valence-electron chi connectivity index (χ3n) is 2.37. The van der Waals surface area contributed by atoms with E-state index in [9.17, 15) is 23.1 Å². The van der Waals surface area contributed by atoms with E-state index in [0.717, 1.165) is 12.1 Å². The van der Waals surface area contributed by atoms with Crippen molar-refractivity contribution in [1.82, 2.24) is 5.43 Å². The number of rotatable bonds is 2. The van der Waals surface area contributed by atoms with Gasteiger partial charge in [0.2, 0.25) is 0 Å². The molecule has 0 saturated heterocycles. The molecule has 1 amide bonds. The first-order valence-electron chi connectivity index (χ1n) is 4.60. The molecule has 1 unspecified atom stereocenters. The Kier molecular flexibility index (Phi) is 3.44. The Morgan fingerprint density at radius 1 is 1.41 bits per heavy atom.